The number of carbonyl (C=O) groups excluding carboxylic acids is 3. The molecule has 4 rings (SSSR count). The first-order chi connectivity index (χ1) is 13.1. The Morgan fingerprint density at radius 3 is 2.48 bits per heavy atom. The van der Waals surface area contributed by atoms with Gasteiger partial charge < -0.3 is 9.72 Å². The number of hydrogen-bond donors (Lipinski definition) is 1. The van der Waals surface area contributed by atoms with E-state index in [2.05, 4.69) is 9.97 Å². The van der Waals surface area contributed by atoms with Crippen LogP contribution < -0.4 is 0 Å². The zero-order valence-electron chi connectivity index (χ0n) is 14.7. The molecule has 7 nitrogen and oxygen atoms in total. The Kier molecular flexibility index (Phi) is 4.19. The Labute approximate surface area is 155 Å². The number of ether oxygens (including phenoxy) is 1. The van der Waals surface area contributed by atoms with E-state index in [1.54, 1.807) is 37.3 Å². The lowest BCUT2D eigenvalue weighted by molar-refractivity contribution is -0.142. The quantitative estimate of drug-likeness (QED) is 0.555. The number of aromatic amines is 1. The standard InChI is InChI=1S/C20H17N3O4/c1-2-27-18(24)10-17-21-15-8-7-12(9-16(15)22-17)11-23-19(25)13-5-3-4-6-14(13)20(23)26/h3-9H,2,10-11H2,1H3,(H,21,22). The van der Waals surface area contributed by atoms with Gasteiger partial charge in [0.25, 0.3) is 11.8 Å². The van der Waals surface area contributed by atoms with E-state index < -0.39 is 0 Å². The molecule has 1 aliphatic rings. The average molecular weight is 363 g/mol. The molecule has 0 radical (unpaired) electrons. The number of imidazole rings is 1. The van der Waals surface area contributed by atoms with E-state index in [9.17, 15) is 14.4 Å². The molecule has 0 fully saturated rings. The highest BCUT2D eigenvalue weighted by molar-refractivity contribution is 6.21. The van der Waals surface area contributed by atoms with Crippen molar-refractivity contribution in [2.75, 3.05) is 6.61 Å². The number of amides is 2. The SMILES string of the molecule is CCOC(=O)Cc1nc2ccc(CN3C(=O)c4ccccc4C3=O)cc2[nH]1. The summed E-state index contributed by atoms with van der Waals surface area (Å²) in [5.74, 6) is -0.407. The molecule has 0 bridgehead atoms. The summed E-state index contributed by atoms with van der Waals surface area (Å²) in [7, 11) is 0. The highest BCUT2D eigenvalue weighted by Crippen LogP contribution is 2.25. The molecule has 0 unspecified atom stereocenters. The summed E-state index contributed by atoms with van der Waals surface area (Å²) >= 11 is 0. The van der Waals surface area contributed by atoms with Crippen molar-refractivity contribution >= 4 is 28.8 Å². The third kappa shape index (κ3) is 3.08. The summed E-state index contributed by atoms with van der Waals surface area (Å²) in [6.07, 6.45) is 0.0657. The molecule has 3 aromatic rings. The van der Waals surface area contributed by atoms with Crippen LogP contribution in [0.25, 0.3) is 11.0 Å². The van der Waals surface area contributed by atoms with Crippen LogP contribution in [0.1, 0.15) is 39.0 Å². The lowest BCUT2D eigenvalue weighted by atomic mass is 10.1. The van der Waals surface area contributed by atoms with Crippen LogP contribution in [0, 0.1) is 0 Å². The molecular weight excluding hydrogens is 346 g/mol. The van der Waals surface area contributed by atoms with Crippen LogP contribution in [0.4, 0.5) is 0 Å². The molecule has 1 N–H and O–H groups in total. The Balaban J connectivity index is 1.56. The van der Waals surface area contributed by atoms with Gasteiger partial charge in [0.2, 0.25) is 0 Å². The van der Waals surface area contributed by atoms with Crippen LogP contribution in [0.3, 0.4) is 0 Å². The molecule has 27 heavy (non-hydrogen) atoms. The Hall–Kier alpha value is -3.48. The van der Waals surface area contributed by atoms with Gasteiger partial charge >= 0.3 is 5.97 Å². The maximum Gasteiger partial charge on any atom is 0.313 e. The van der Waals surface area contributed by atoms with Gasteiger partial charge in [-0.25, -0.2) is 4.98 Å². The number of imide groups is 1. The average Bonchev–Trinajstić information content (AvgIpc) is 3.16. The molecule has 1 aliphatic heterocycles. The van der Waals surface area contributed by atoms with E-state index in [4.69, 9.17) is 4.74 Å². The van der Waals surface area contributed by atoms with E-state index >= 15 is 0 Å². The number of esters is 1. The normalized spacial score (nSPS) is 13.3. The van der Waals surface area contributed by atoms with Crippen molar-refractivity contribution in [1.82, 2.24) is 14.9 Å². The predicted octanol–water partition coefficient (Wildman–Crippen LogP) is 2.46. The molecule has 2 aromatic carbocycles. The molecule has 7 heteroatoms. The number of benzene rings is 2. The van der Waals surface area contributed by atoms with Crippen LogP contribution in [0.5, 0.6) is 0 Å². The van der Waals surface area contributed by atoms with E-state index in [0.717, 1.165) is 11.1 Å². The molecule has 0 saturated heterocycles. The third-order valence-electron chi connectivity index (χ3n) is 4.43. The van der Waals surface area contributed by atoms with Crippen molar-refractivity contribution in [3.8, 4) is 0 Å². The molecule has 1 aromatic heterocycles. The molecule has 0 saturated carbocycles. The molecular formula is C20H17N3O4. The van der Waals surface area contributed by atoms with Gasteiger partial charge in [0.15, 0.2) is 0 Å². The Morgan fingerprint density at radius 1 is 1.11 bits per heavy atom. The van der Waals surface area contributed by atoms with E-state index in [1.807, 2.05) is 12.1 Å². The molecule has 0 spiro atoms. The van der Waals surface area contributed by atoms with Crippen molar-refractivity contribution in [3.63, 3.8) is 0 Å². The summed E-state index contributed by atoms with van der Waals surface area (Å²) < 4.78 is 4.93. The number of carbonyl (C=O) groups is 3. The minimum absolute atomic E-state index is 0.0657. The Morgan fingerprint density at radius 2 is 1.81 bits per heavy atom. The summed E-state index contributed by atoms with van der Waals surface area (Å²) in [4.78, 5) is 45.3. The minimum Gasteiger partial charge on any atom is -0.466 e. The van der Waals surface area contributed by atoms with Crippen molar-refractivity contribution in [3.05, 3.63) is 65.0 Å². The second-order valence-electron chi connectivity index (χ2n) is 6.26. The Bertz CT molecular complexity index is 1040. The van der Waals surface area contributed by atoms with E-state index in [1.165, 1.54) is 4.90 Å². The van der Waals surface area contributed by atoms with Gasteiger partial charge in [-0.05, 0) is 36.8 Å². The van der Waals surface area contributed by atoms with Crippen LogP contribution in [-0.2, 0) is 22.5 Å². The zero-order chi connectivity index (χ0) is 19.0. The molecule has 2 heterocycles. The van der Waals surface area contributed by atoms with Crippen molar-refractivity contribution in [2.24, 2.45) is 0 Å². The number of rotatable bonds is 5. The number of aromatic nitrogens is 2. The van der Waals surface area contributed by atoms with E-state index in [-0.39, 0.29) is 30.7 Å². The minimum atomic E-state index is -0.345. The van der Waals surface area contributed by atoms with Crippen molar-refractivity contribution in [1.29, 1.82) is 0 Å². The fraction of sp³-hybridized carbons (Fsp3) is 0.200. The fourth-order valence-electron chi connectivity index (χ4n) is 3.21. The van der Waals surface area contributed by atoms with Gasteiger partial charge in [-0.15, -0.1) is 0 Å². The first-order valence-electron chi connectivity index (χ1n) is 8.65. The molecule has 0 atom stereocenters. The van der Waals surface area contributed by atoms with Crippen molar-refractivity contribution < 1.29 is 19.1 Å². The van der Waals surface area contributed by atoms with Crippen LogP contribution >= 0.6 is 0 Å². The fourth-order valence-corrected chi connectivity index (χ4v) is 3.21. The predicted molar refractivity (Wildman–Crippen MR) is 97.1 cm³/mol. The monoisotopic (exact) mass is 363 g/mol. The van der Waals surface area contributed by atoms with Crippen LogP contribution in [0.15, 0.2) is 42.5 Å². The number of hydrogen-bond acceptors (Lipinski definition) is 5. The largest absolute Gasteiger partial charge is 0.466 e. The summed E-state index contributed by atoms with van der Waals surface area (Å²) in [5, 5.41) is 0. The number of nitrogens with zero attached hydrogens (tertiary/aromatic N) is 2. The first kappa shape index (κ1) is 17.0. The van der Waals surface area contributed by atoms with Gasteiger partial charge in [-0.2, -0.15) is 0 Å². The topological polar surface area (TPSA) is 92.4 Å². The summed E-state index contributed by atoms with van der Waals surface area (Å²) in [6, 6.07) is 12.3. The number of H-pyrrole nitrogens is 1. The van der Waals surface area contributed by atoms with Gasteiger partial charge in [0.05, 0.1) is 35.3 Å². The van der Waals surface area contributed by atoms with Crippen LogP contribution in [0.2, 0.25) is 0 Å². The smallest absolute Gasteiger partial charge is 0.313 e. The van der Waals surface area contributed by atoms with Crippen molar-refractivity contribution in [2.45, 2.75) is 19.9 Å². The number of nitrogens with one attached hydrogen (secondary N) is 1. The highest BCUT2D eigenvalue weighted by Gasteiger charge is 2.34. The first-order valence-corrected chi connectivity index (χ1v) is 8.65. The maximum absolute atomic E-state index is 12.5. The lowest BCUT2D eigenvalue weighted by Gasteiger charge is -2.13. The molecule has 2 amide bonds. The second kappa shape index (κ2) is 6.68. The van der Waals surface area contributed by atoms with Gasteiger partial charge in [0, 0.05) is 0 Å². The van der Waals surface area contributed by atoms with Crippen LogP contribution in [-0.4, -0.2) is 39.3 Å². The summed E-state index contributed by atoms with van der Waals surface area (Å²) in [5.41, 5.74) is 3.11. The zero-order valence-corrected chi connectivity index (χ0v) is 14.7. The highest BCUT2D eigenvalue weighted by atomic mass is 16.5. The lowest BCUT2D eigenvalue weighted by Crippen LogP contribution is -2.29. The van der Waals surface area contributed by atoms with Gasteiger partial charge in [-0.1, -0.05) is 18.2 Å². The number of fused-ring (bicyclic) bond motifs is 2. The second-order valence-corrected chi connectivity index (χ2v) is 6.26. The molecule has 136 valence electrons. The van der Waals surface area contributed by atoms with Gasteiger partial charge in [0.1, 0.15) is 12.2 Å². The van der Waals surface area contributed by atoms with E-state index in [0.29, 0.717) is 29.1 Å². The maximum atomic E-state index is 12.5. The summed E-state index contributed by atoms with van der Waals surface area (Å²) in [6.45, 7) is 2.25. The van der Waals surface area contributed by atoms with Gasteiger partial charge in [-0.3, -0.25) is 19.3 Å². The molecule has 0 aliphatic carbocycles. The third-order valence-corrected chi connectivity index (χ3v) is 4.43.